The van der Waals surface area contributed by atoms with Crippen molar-refractivity contribution < 1.29 is 19.2 Å². The van der Waals surface area contributed by atoms with Crippen molar-refractivity contribution in [3.05, 3.63) is 0 Å². The van der Waals surface area contributed by atoms with Gasteiger partial charge in [0.15, 0.2) is 0 Å². The van der Waals surface area contributed by atoms with Crippen LogP contribution in [0.15, 0.2) is 0 Å². The Labute approximate surface area is 37.2 Å². The Balaban J connectivity index is 2.43. The van der Waals surface area contributed by atoms with E-state index in [1.807, 2.05) is 19.2 Å². The first-order valence-corrected chi connectivity index (χ1v) is 2.27. The molecule has 0 aromatic carbocycles. The molecule has 0 amide bonds. The van der Waals surface area contributed by atoms with Gasteiger partial charge < -0.3 is 0 Å². The zero-order valence-corrected chi connectivity index (χ0v) is 4.62. The molecule has 23 valence electrons. The molecule has 0 aliphatic heterocycles. The molecule has 0 aromatic heterocycles. The fourth-order valence-corrected chi connectivity index (χ4v) is 0. The van der Waals surface area contributed by atoms with Crippen molar-refractivity contribution in [3.8, 4) is 4.20 Å². The number of rotatable bonds is 0. The van der Waals surface area contributed by atoms with Crippen molar-refractivity contribution in [2.75, 3.05) is 0 Å². The van der Waals surface area contributed by atoms with E-state index in [-0.39, 0.29) is 0 Å². The SMILES string of the molecule is CC[C]#[Mo]. The zero-order chi connectivity index (χ0) is 3.41. The van der Waals surface area contributed by atoms with Gasteiger partial charge >= 0.3 is 36.7 Å². The molecule has 4 heavy (non-hydrogen) atoms. The van der Waals surface area contributed by atoms with Crippen molar-refractivity contribution in [2.45, 2.75) is 13.3 Å². The first-order valence-electron chi connectivity index (χ1n) is 1.26. The van der Waals surface area contributed by atoms with Crippen molar-refractivity contribution in [2.24, 2.45) is 0 Å². The first-order chi connectivity index (χ1) is 1.91. The van der Waals surface area contributed by atoms with Gasteiger partial charge in [-0.15, -0.1) is 0 Å². The van der Waals surface area contributed by atoms with Crippen molar-refractivity contribution in [3.63, 3.8) is 0 Å². The number of hydrogen-bond acceptors (Lipinski definition) is 0. The summed E-state index contributed by atoms with van der Waals surface area (Å²) in [6, 6.07) is 0. The van der Waals surface area contributed by atoms with E-state index in [4.69, 9.17) is 0 Å². The van der Waals surface area contributed by atoms with E-state index in [1.54, 1.807) is 0 Å². The van der Waals surface area contributed by atoms with Crippen LogP contribution in [0, 0.1) is 4.20 Å². The van der Waals surface area contributed by atoms with Gasteiger partial charge in [0.2, 0.25) is 0 Å². The third-order valence-corrected chi connectivity index (χ3v) is 0.854. The molecule has 0 saturated carbocycles. The van der Waals surface area contributed by atoms with Gasteiger partial charge in [-0.1, -0.05) is 0 Å². The Morgan fingerprint density at radius 1 is 2.00 bits per heavy atom. The normalized spacial score (nSPS) is 5.00. The minimum atomic E-state index is 1.07. The quantitative estimate of drug-likeness (QED) is 0.435. The van der Waals surface area contributed by atoms with Crippen LogP contribution < -0.4 is 0 Å². The van der Waals surface area contributed by atoms with E-state index in [9.17, 15) is 0 Å². The summed E-state index contributed by atoms with van der Waals surface area (Å²) >= 11 is 1.87. The van der Waals surface area contributed by atoms with Gasteiger partial charge in [0, 0.05) is 0 Å². The molecule has 0 atom stereocenters. The van der Waals surface area contributed by atoms with Crippen molar-refractivity contribution in [1.29, 1.82) is 0 Å². The third kappa shape index (κ3) is 2.47. The van der Waals surface area contributed by atoms with E-state index in [0.717, 1.165) is 6.42 Å². The van der Waals surface area contributed by atoms with Crippen LogP contribution in [0.1, 0.15) is 13.3 Å². The second-order valence-corrected chi connectivity index (χ2v) is 1.21. The maximum absolute atomic E-state index is 2.94. The molecule has 0 N–H and O–H groups in total. The third-order valence-electron chi connectivity index (χ3n) is 0.144. The molecule has 0 nitrogen and oxygen atoms in total. The molecule has 0 saturated heterocycles. The van der Waals surface area contributed by atoms with E-state index in [2.05, 4.69) is 11.1 Å². The van der Waals surface area contributed by atoms with Crippen LogP contribution in [0.4, 0.5) is 0 Å². The van der Waals surface area contributed by atoms with Crippen LogP contribution in [0.5, 0.6) is 0 Å². The summed E-state index contributed by atoms with van der Waals surface area (Å²) in [5, 5.41) is 0. The summed E-state index contributed by atoms with van der Waals surface area (Å²) in [6.45, 7) is 2.07. The van der Waals surface area contributed by atoms with E-state index in [1.165, 1.54) is 0 Å². The second kappa shape index (κ2) is 3.47. The van der Waals surface area contributed by atoms with Crippen LogP contribution in [-0.4, -0.2) is 0 Å². The average molecular weight is 137 g/mol. The number of hydrogen-bond donors (Lipinski definition) is 0. The van der Waals surface area contributed by atoms with Gasteiger partial charge in [-0.05, 0) is 0 Å². The molecule has 0 fully saturated rings. The second-order valence-electron chi connectivity index (χ2n) is 0.498. The van der Waals surface area contributed by atoms with Crippen LogP contribution in [0.2, 0.25) is 0 Å². The minimum absolute atomic E-state index is 1.07. The first kappa shape index (κ1) is 4.47. The summed E-state index contributed by atoms with van der Waals surface area (Å²) in [7, 11) is 0. The summed E-state index contributed by atoms with van der Waals surface area (Å²) in [5.74, 6) is 0. The maximum atomic E-state index is 2.94. The van der Waals surface area contributed by atoms with Crippen molar-refractivity contribution in [1.82, 2.24) is 0 Å². The van der Waals surface area contributed by atoms with Crippen LogP contribution >= 0.6 is 0 Å². The van der Waals surface area contributed by atoms with E-state index < -0.39 is 0 Å². The predicted molar refractivity (Wildman–Crippen MR) is 14.2 cm³/mol. The van der Waals surface area contributed by atoms with Crippen LogP contribution in [0.3, 0.4) is 0 Å². The predicted octanol–water partition coefficient (Wildman–Crippen LogP) is 0.902. The Kier molecular flexibility index (Phi) is 3.87. The zero-order valence-electron chi connectivity index (χ0n) is 2.62. The summed E-state index contributed by atoms with van der Waals surface area (Å²) in [6.07, 6.45) is 1.07. The Morgan fingerprint density at radius 2 is 2.25 bits per heavy atom. The summed E-state index contributed by atoms with van der Waals surface area (Å²) in [4.78, 5) is 0. The van der Waals surface area contributed by atoms with E-state index >= 15 is 0 Å². The summed E-state index contributed by atoms with van der Waals surface area (Å²) < 4.78 is 2.94. The standard InChI is InChI=1S/C3H5.Mo/c1-3-2;/h3H2,1H3;. The molecular weight excluding hydrogens is 132 g/mol. The molecule has 0 radical (unpaired) electrons. The molecule has 0 aromatic rings. The van der Waals surface area contributed by atoms with Crippen LogP contribution in [0.25, 0.3) is 0 Å². The fraction of sp³-hybridized carbons (Fsp3) is 0.667. The Hall–Kier alpha value is 0.468. The molecule has 0 heterocycles. The average Bonchev–Trinajstić information content (AvgIpc) is 1.37. The summed E-state index contributed by atoms with van der Waals surface area (Å²) in [5.41, 5.74) is 0. The molecular formula is C3H5Mo. The van der Waals surface area contributed by atoms with Gasteiger partial charge in [0.1, 0.15) is 0 Å². The van der Waals surface area contributed by atoms with Gasteiger partial charge in [0.05, 0.1) is 0 Å². The van der Waals surface area contributed by atoms with E-state index in [0.29, 0.717) is 0 Å². The van der Waals surface area contributed by atoms with Gasteiger partial charge in [-0.3, -0.25) is 0 Å². The van der Waals surface area contributed by atoms with Crippen molar-refractivity contribution >= 4 is 0 Å². The van der Waals surface area contributed by atoms with Crippen LogP contribution in [-0.2, 0) is 19.2 Å². The molecule has 1 heteroatoms. The molecule has 0 spiro atoms. The molecule has 0 rings (SSSR count). The topological polar surface area (TPSA) is 0 Å². The van der Waals surface area contributed by atoms with Gasteiger partial charge in [0.25, 0.3) is 0 Å². The molecule has 0 unspecified atom stereocenters. The molecule has 0 aliphatic rings. The van der Waals surface area contributed by atoms with Gasteiger partial charge in [-0.25, -0.2) is 0 Å². The monoisotopic (exact) mass is 139 g/mol. The molecule has 0 aliphatic carbocycles. The Bertz CT molecular complexity index is 33.0. The fourth-order valence-electron chi connectivity index (χ4n) is 0. The molecule has 0 bridgehead atoms. The Morgan fingerprint density at radius 3 is 2.25 bits per heavy atom. The van der Waals surface area contributed by atoms with Gasteiger partial charge in [-0.2, -0.15) is 0 Å².